The van der Waals surface area contributed by atoms with Crippen molar-refractivity contribution in [2.45, 2.75) is 18.9 Å². The van der Waals surface area contributed by atoms with Gasteiger partial charge in [0.15, 0.2) is 4.80 Å². The van der Waals surface area contributed by atoms with E-state index in [1.54, 1.807) is 23.8 Å². The zero-order valence-corrected chi connectivity index (χ0v) is 27.0. The van der Waals surface area contributed by atoms with Gasteiger partial charge in [-0.25, -0.2) is 9.79 Å². The number of nitro benzene ring substituents is 1. The van der Waals surface area contributed by atoms with Crippen LogP contribution in [-0.2, 0) is 6.42 Å². The highest BCUT2D eigenvalue weighted by Crippen LogP contribution is 2.41. The quantitative estimate of drug-likeness (QED) is 0.0857. The lowest BCUT2D eigenvalue weighted by molar-refractivity contribution is -0.384. The SMILES string of the molecule is COc1cccc([C@@H]2C3=C(N=c4s/c(=C/c5c(OC(=O)c6ccc([N+](=O)[O-])cc6)ccc6ccccc56)c(=O)n42)c2ccccc2CC3)c1. The van der Waals surface area contributed by atoms with E-state index >= 15 is 0 Å². The molecule has 0 bridgehead atoms. The molecule has 10 heteroatoms. The molecular weight excluding hydrogens is 639 g/mol. The molecule has 49 heavy (non-hydrogen) atoms. The van der Waals surface area contributed by atoms with Crippen molar-refractivity contribution in [3.05, 3.63) is 172 Å². The molecule has 9 nitrogen and oxygen atoms in total. The number of fused-ring (bicyclic) bond motifs is 4. The Labute approximate surface area is 283 Å². The number of hydrogen-bond acceptors (Lipinski definition) is 8. The first kappa shape index (κ1) is 30.2. The normalized spacial score (nSPS) is 15.2. The molecule has 1 aliphatic carbocycles. The molecule has 0 saturated heterocycles. The number of methoxy groups -OCH3 is 1. The maximum atomic E-state index is 14.5. The molecule has 5 aromatic carbocycles. The summed E-state index contributed by atoms with van der Waals surface area (Å²) in [6, 6.07) is 32.1. The second-order valence-corrected chi connectivity index (χ2v) is 12.8. The van der Waals surface area contributed by atoms with Crippen molar-refractivity contribution in [2.75, 3.05) is 7.11 Å². The van der Waals surface area contributed by atoms with Crippen LogP contribution in [0.2, 0.25) is 0 Å². The Morgan fingerprint density at radius 1 is 0.959 bits per heavy atom. The molecule has 0 fully saturated rings. The van der Waals surface area contributed by atoms with Crippen LogP contribution in [0.4, 0.5) is 5.69 Å². The number of aromatic nitrogens is 1. The summed E-state index contributed by atoms with van der Waals surface area (Å²) in [5.74, 6) is 0.279. The first-order valence-electron chi connectivity index (χ1n) is 15.6. The molecule has 8 rings (SSSR count). The first-order chi connectivity index (χ1) is 23.9. The summed E-state index contributed by atoms with van der Waals surface area (Å²) in [5.41, 5.74) is 5.58. The Hall–Kier alpha value is -6.13. The number of rotatable bonds is 6. The Balaban J connectivity index is 1.31. The van der Waals surface area contributed by atoms with E-state index in [0.717, 1.165) is 46.0 Å². The molecule has 0 N–H and O–H groups in total. The van der Waals surface area contributed by atoms with E-state index in [1.807, 2.05) is 66.7 Å². The number of thiazole rings is 1. The number of ether oxygens (including phenoxy) is 2. The van der Waals surface area contributed by atoms with Gasteiger partial charge in [-0.3, -0.25) is 19.5 Å². The number of nitrogens with zero attached hydrogens (tertiary/aromatic N) is 3. The zero-order valence-electron chi connectivity index (χ0n) is 26.2. The topological polar surface area (TPSA) is 113 Å². The van der Waals surface area contributed by atoms with E-state index in [9.17, 15) is 19.7 Å². The van der Waals surface area contributed by atoms with Crippen LogP contribution >= 0.6 is 11.3 Å². The molecule has 2 heterocycles. The summed E-state index contributed by atoms with van der Waals surface area (Å²) in [5, 5.41) is 12.8. The van der Waals surface area contributed by atoms with Crippen molar-refractivity contribution in [1.82, 2.24) is 4.57 Å². The first-order valence-corrected chi connectivity index (χ1v) is 16.5. The number of non-ortho nitro benzene ring substituents is 1. The minimum atomic E-state index is -0.675. The smallest absolute Gasteiger partial charge is 0.343 e. The van der Waals surface area contributed by atoms with Gasteiger partial charge in [-0.2, -0.15) is 0 Å². The van der Waals surface area contributed by atoms with Crippen molar-refractivity contribution in [1.29, 1.82) is 0 Å². The number of hydrogen-bond donors (Lipinski definition) is 0. The Morgan fingerprint density at radius 2 is 1.76 bits per heavy atom. The summed E-state index contributed by atoms with van der Waals surface area (Å²) in [6.07, 6.45) is 3.37. The van der Waals surface area contributed by atoms with Gasteiger partial charge in [-0.1, -0.05) is 78.1 Å². The second kappa shape index (κ2) is 12.1. The van der Waals surface area contributed by atoms with Gasteiger partial charge in [0.25, 0.3) is 11.2 Å². The Kier molecular flexibility index (Phi) is 7.49. The van der Waals surface area contributed by atoms with Crippen LogP contribution in [0.25, 0.3) is 22.5 Å². The van der Waals surface area contributed by atoms with Gasteiger partial charge >= 0.3 is 5.97 Å². The average Bonchev–Trinajstić information content (AvgIpc) is 3.45. The Bertz CT molecular complexity index is 2550. The number of allylic oxidation sites excluding steroid dienone is 1. The molecule has 2 aliphatic rings. The van der Waals surface area contributed by atoms with E-state index < -0.39 is 10.9 Å². The summed E-state index contributed by atoms with van der Waals surface area (Å²) in [6.45, 7) is 0. The number of aryl methyl sites for hydroxylation is 1. The van der Waals surface area contributed by atoms with Crippen molar-refractivity contribution in [2.24, 2.45) is 4.99 Å². The molecule has 1 atom stereocenters. The molecule has 6 aromatic rings. The molecule has 0 radical (unpaired) electrons. The molecule has 0 spiro atoms. The van der Waals surface area contributed by atoms with Crippen LogP contribution in [0.5, 0.6) is 11.5 Å². The van der Waals surface area contributed by atoms with E-state index in [4.69, 9.17) is 14.5 Å². The lowest BCUT2D eigenvalue weighted by Crippen LogP contribution is -2.38. The van der Waals surface area contributed by atoms with Gasteiger partial charge in [0.05, 0.1) is 33.9 Å². The molecule has 0 amide bonds. The second-order valence-electron chi connectivity index (χ2n) is 11.8. The fourth-order valence-corrected chi connectivity index (χ4v) is 7.64. The van der Waals surface area contributed by atoms with Crippen LogP contribution in [0.1, 0.15) is 45.1 Å². The van der Waals surface area contributed by atoms with Crippen LogP contribution in [0.3, 0.4) is 0 Å². The summed E-state index contributed by atoms with van der Waals surface area (Å²) >= 11 is 1.29. The Morgan fingerprint density at radius 3 is 2.57 bits per heavy atom. The molecule has 1 aromatic heterocycles. The molecule has 0 unspecified atom stereocenters. The highest BCUT2D eigenvalue weighted by molar-refractivity contribution is 7.07. The van der Waals surface area contributed by atoms with Crippen LogP contribution < -0.4 is 24.4 Å². The van der Waals surface area contributed by atoms with Gasteiger partial charge in [0, 0.05) is 23.3 Å². The van der Waals surface area contributed by atoms with E-state index in [0.29, 0.717) is 20.6 Å². The van der Waals surface area contributed by atoms with Crippen molar-refractivity contribution in [3.8, 4) is 11.5 Å². The van der Waals surface area contributed by atoms with Gasteiger partial charge in [-0.05, 0) is 76.7 Å². The molecule has 0 saturated carbocycles. The monoisotopic (exact) mass is 665 g/mol. The minimum Gasteiger partial charge on any atom is -0.497 e. The summed E-state index contributed by atoms with van der Waals surface area (Å²) in [4.78, 5) is 44.1. The van der Waals surface area contributed by atoms with Crippen molar-refractivity contribution < 1.29 is 19.2 Å². The minimum absolute atomic E-state index is 0.129. The third kappa shape index (κ3) is 5.32. The third-order valence-corrected chi connectivity index (χ3v) is 9.99. The largest absolute Gasteiger partial charge is 0.497 e. The van der Waals surface area contributed by atoms with Gasteiger partial charge in [0.2, 0.25) is 0 Å². The van der Waals surface area contributed by atoms with Crippen LogP contribution in [-0.4, -0.2) is 22.6 Å². The molecule has 240 valence electrons. The average molecular weight is 666 g/mol. The predicted octanol–water partition coefficient (Wildman–Crippen LogP) is 6.61. The lowest BCUT2D eigenvalue weighted by Gasteiger charge is -2.31. The van der Waals surface area contributed by atoms with Crippen LogP contribution in [0.15, 0.2) is 125 Å². The zero-order chi connectivity index (χ0) is 33.6. The summed E-state index contributed by atoms with van der Waals surface area (Å²) in [7, 11) is 1.63. The van der Waals surface area contributed by atoms with E-state index in [2.05, 4.69) is 12.1 Å². The van der Waals surface area contributed by atoms with Crippen molar-refractivity contribution >= 4 is 45.5 Å². The number of nitro groups is 1. The lowest BCUT2D eigenvalue weighted by atomic mass is 9.83. The fourth-order valence-electron chi connectivity index (χ4n) is 6.66. The van der Waals surface area contributed by atoms with E-state index in [-0.39, 0.29) is 28.6 Å². The highest BCUT2D eigenvalue weighted by Gasteiger charge is 2.33. The van der Waals surface area contributed by atoms with Gasteiger partial charge in [-0.15, -0.1) is 0 Å². The number of esters is 1. The van der Waals surface area contributed by atoms with Gasteiger partial charge < -0.3 is 9.47 Å². The third-order valence-electron chi connectivity index (χ3n) is 9.01. The summed E-state index contributed by atoms with van der Waals surface area (Å²) < 4.78 is 13.7. The van der Waals surface area contributed by atoms with E-state index in [1.165, 1.54) is 41.2 Å². The standard InChI is InChI=1S/C39H27N3O6S/c1-47-28-10-6-9-26(21-28)36-31-19-15-24-8-3-5-12-30(24)35(31)40-39-41(36)37(43)34(49-39)22-32-29-11-4-2-7-23(29)16-20-33(32)48-38(44)25-13-17-27(18-14-25)42(45)46/h2-14,16-18,20-22,36H,15,19H2,1H3/b34-22+/t36-/m1/s1. The maximum Gasteiger partial charge on any atom is 0.343 e. The molecule has 1 aliphatic heterocycles. The number of carbonyl (C=O) groups excluding carboxylic acids is 1. The van der Waals surface area contributed by atoms with Gasteiger partial charge in [0.1, 0.15) is 11.5 Å². The number of carbonyl (C=O) groups is 1. The molecular formula is C39H27N3O6S. The predicted molar refractivity (Wildman–Crippen MR) is 188 cm³/mol. The fraction of sp³-hybridized carbons (Fsp3) is 0.103. The maximum absolute atomic E-state index is 14.5. The van der Waals surface area contributed by atoms with Crippen molar-refractivity contribution in [3.63, 3.8) is 0 Å². The van der Waals surface area contributed by atoms with Crippen LogP contribution in [0, 0.1) is 10.1 Å². The highest BCUT2D eigenvalue weighted by atomic mass is 32.1. The number of benzene rings is 5.